The molecule has 64 valence electrons. The zero-order valence-electron chi connectivity index (χ0n) is 6.62. The second kappa shape index (κ2) is 3.71. The molecule has 1 aromatic carbocycles. The van der Waals surface area contributed by atoms with E-state index in [1.807, 2.05) is 0 Å². The average Bonchev–Trinajstić information content (AvgIpc) is 2.05. The van der Waals surface area contributed by atoms with Gasteiger partial charge in [-0.05, 0) is 12.1 Å². The normalized spacial score (nSPS) is 11.3. The number of hydrogen-bond donors (Lipinski definition) is 1. The molecule has 0 saturated carbocycles. The number of oxime groups is 1. The highest BCUT2D eigenvalue weighted by Gasteiger charge is 2.04. The van der Waals surface area contributed by atoms with Gasteiger partial charge in [0.15, 0.2) is 5.84 Å². The second-order valence-electron chi connectivity index (χ2n) is 2.14. The maximum atomic E-state index is 12.9. The molecule has 0 spiro atoms. The first-order chi connectivity index (χ1) is 5.75. The van der Waals surface area contributed by atoms with Gasteiger partial charge in [0, 0.05) is 0 Å². The van der Waals surface area contributed by atoms with E-state index in [1.54, 1.807) is 12.1 Å². The largest absolute Gasteiger partial charge is 0.397 e. The number of benzene rings is 1. The summed E-state index contributed by atoms with van der Waals surface area (Å²) in [6.07, 6.45) is 0. The summed E-state index contributed by atoms with van der Waals surface area (Å²) < 4.78 is 12.9. The molecular formula is C8H9FN2O. The van der Waals surface area contributed by atoms with E-state index in [0.717, 1.165) is 0 Å². The first kappa shape index (κ1) is 8.52. The summed E-state index contributed by atoms with van der Waals surface area (Å²) >= 11 is 0. The van der Waals surface area contributed by atoms with Crippen LogP contribution in [-0.4, -0.2) is 12.9 Å². The van der Waals surface area contributed by atoms with Crippen molar-refractivity contribution in [1.29, 1.82) is 0 Å². The van der Waals surface area contributed by atoms with Crippen LogP contribution in [0.2, 0.25) is 0 Å². The van der Waals surface area contributed by atoms with E-state index in [2.05, 4.69) is 9.99 Å². The van der Waals surface area contributed by atoms with Crippen LogP contribution in [-0.2, 0) is 4.84 Å². The van der Waals surface area contributed by atoms with Crippen molar-refractivity contribution < 1.29 is 9.23 Å². The van der Waals surface area contributed by atoms with E-state index < -0.39 is 5.82 Å². The number of halogens is 1. The molecule has 1 rings (SSSR count). The summed E-state index contributed by atoms with van der Waals surface area (Å²) in [6, 6.07) is 6.11. The van der Waals surface area contributed by atoms with E-state index in [0.29, 0.717) is 0 Å². The van der Waals surface area contributed by atoms with Crippen LogP contribution in [0.25, 0.3) is 0 Å². The highest BCUT2D eigenvalue weighted by molar-refractivity contribution is 5.97. The molecule has 3 nitrogen and oxygen atoms in total. The number of amidine groups is 1. The Hall–Kier alpha value is -1.58. The highest BCUT2D eigenvalue weighted by Crippen LogP contribution is 2.05. The van der Waals surface area contributed by atoms with Gasteiger partial charge in [-0.25, -0.2) is 4.39 Å². The number of rotatable bonds is 2. The quantitative estimate of drug-likeness (QED) is 0.408. The van der Waals surface area contributed by atoms with Gasteiger partial charge in [-0.3, -0.25) is 0 Å². The molecule has 4 heteroatoms. The minimum Gasteiger partial charge on any atom is -0.397 e. The van der Waals surface area contributed by atoms with Crippen LogP contribution in [0.4, 0.5) is 4.39 Å². The van der Waals surface area contributed by atoms with Crippen molar-refractivity contribution in [2.24, 2.45) is 10.9 Å². The number of nitrogens with zero attached hydrogens (tertiary/aromatic N) is 1. The van der Waals surface area contributed by atoms with E-state index in [-0.39, 0.29) is 11.4 Å². The molecule has 0 saturated heterocycles. The average molecular weight is 168 g/mol. The van der Waals surface area contributed by atoms with Gasteiger partial charge in [-0.2, -0.15) is 0 Å². The topological polar surface area (TPSA) is 47.6 Å². The van der Waals surface area contributed by atoms with Gasteiger partial charge >= 0.3 is 0 Å². The van der Waals surface area contributed by atoms with Gasteiger partial charge in [0.1, 0.15) is 12.9 Å². The van der Waals surface area contributed by atoms with Crippen LogP contribution in [0.3, 0.4) is 0 Å². The summed E-state index contributed by atoms with van der Waals surface area (Å²) in [7, 11) is 1.35. The van der Waals surface area contributed by atoms with Crippen molar-refractivity contribution in [3.63, 3.8) is 0 Å². The van der Waals surface area contributed by atoms with Gasteiger partial charge in [-0.15, -0.1) is 0 Å². The third kappa shape index (κ3) is 1.72. The SMILES string of the molecule is CO/N=C(\N)c1ccccc1F. The van der Waals surface area contributed by atoms with Crippen molar-refractivity contribution in [2.75, 3.05) is 7.11 Å². The van der Waals surface area contributed by atoms with Crippen molar-refractivity contribution in [1.82, 2.24) is 0 Å². The predicted molar refractivity (Wildman–Crippen MR) is 44.1 cm³/mol. The smallest absolute Gasteiger partial charge is 0.173 e. The molecular weight excluding hydrogens is 159 g/mol. The maximum absolute atomic E-state index is 12.9. The van der Waals surface area contributed by atoms with Crippen molar-refractivity contribution in [3.8, 4) is 0 Å². The fourth-order valence-electron chi connectivity index (χ4n) is 0.816. The first-order valence-corrected chi connectivity index (χ1v) is 3.37. The maximum Gasteiger partial charge on any atom is 0.173 e. The Morgan fingerprint density at radius 2 is 2.17 bits per heavy atom. The van der Waals surface area contributed by atoms with E-state index in [9.17, 15) is 4.39 Å². The minimum atomic E-state index is -0.407. The molecule has 0 unspecified atom stereocenters. The lowest BCUT2D eigenvalue weighted by molar-refractivity contribution is 0.213. The minimum absolute atomic E-state index is 0.0376. The lowest BCUT2D eigenvalue weighted by atomic mass is 10.2. The Bertz CT molecular complexity index is 299. The Labute approximate surface area is 69.6 Å². The summed E-state index contributed by atoms with van der Waals surface area (Å²) in [5.41, 5.74) is 5.64. The van der Waals surface area contributed by atoms with Crippen LogP contribution in [0.15, 0.2) is 29.4 Å². The molecule has 0 heterocycles. The number of nitrogens with two attached hydrogens (primary N) is 1. The Kier molecular flexibility index (Phi) is 2.63. The summed E-state index contributed by atoms with van der Waals surface area (Å²) in [5.74, 6) is -0.369. The molecule has 0 amide bonds. The standard InChI is InChI=1S/C8H9FN2O/c1-12-11-8(10)6-4-2-3-5-7(6)9/h2-5H,1H3,(H2,10,11). The molecule has 12 heavy (non-hydrogen) atoms. The molecule has 0 fully saturated rings. The van der Waals surface area contributed by atoms with Crippen LogP contribution < -0.4 is 5.73 Å². The third-order valence-corrected chi connectivity index (χ3v) is 1.34. The van der Waals surface area contributed by atoms with Gasteiger partial charge < -0.3 is 10.6 Å². The summed E-state index contributed by atoms with van der Waals surface area (Å²) in [5, 5.41) is 3.41. The van der Waals surface area contributed by atoms with Crippen LogP contribution in [0, 0.1) is 5.82 Å². The lowest BCUT2D eigenvalue weighted by Crippen LogP contribution is -2.15. The zero-order chi connectivity index (χ0) is 8.97. The molecule has 0 aliphatic rings. The molecule has 0 radical (unpaired) electrons. The molecule has 2 N–H and O–H groups in total. The van der Waals surface area contributed by atoms with Gasteiger partial charge in [-0.1, -0.05) is 17.3 Å². The lowest BCUT2D eigenvalue weighted by Gasteiger charge is -1.99. The van der Waals surface area contributed by atoms with Crippen molar-refractivity contribution in [3.05, 3.63) is 35.6 Å². The zero-order valence-corrected chi connectivity index (χ0v) is 6.62. The molecule has 0 aliphatic carbocycles. The fraction of sp³-hybridized carbons (Fsp3) is 0.125. The van der Waals surface area contributed by atoms with Gasteiger partial charge in [0.25, 0.3) is 0 Å². The molecule has 0 atom stereocenters. The van der Waals surface area contributed by atoms with Crippen LogP contribution in [0.1, 0.15) is 5.56 Å². The van der Waals surface area contributed by atoms with E-state index in [1.165, 1.54) is 19.2 Å². The van der Waals surface area contributed by atoms with E-state index in [4.69, 9.17) is 5.73 Å². The van der Waals surface area contributed by atoms with E-state index >= 15 is 0 Å². The van der Waals surface area contributed by atoms with Crippen LogP contribution >= 0.6 is 0 Å². The Morgan fingerprint density at radius 1 is 1.50 bits per heavy atom. The van der Waals surface area contributed by atoms with Crippen molar-refractivity contribution in [2.45, 2.75) is 0 Å². The number of hydrogen-bond acceptors (Lipinski definition) is 2. The Morgan fingerprint density at radius 3 is 2.75 bits per heavy atom. The fourth-order valence-corrected chi connectivity index (χ4v) is 0.816. The monoisotopic (exact) mass is 168 g/mol. The van der Waals surface area contributed by atoms with Crippen LogP contribution in [0.5, 0.6) is 0 Å². The first-order valence-electron chi connectivity index (χ1n) is 3.37. The Balaban J connectivity index is 3.02. The molecule has 0 aromatic heterocycles. The van der Waals surface area contributed by atoms with Gasteiger partial charge in [0.05, 0.1) is 5.56 Å². The predicted octanol–water partition coefficient (Wildman–Crippen LogP) is 1.09. The van der Waals surface area contributed by atoms with Gasteiger partial charge in [0.2, 0.25) is 0 Å². The van der Waals surface area contributed by atoms with Crippen molar-refractivity contribution >= 4 is 5.84 Å². The summed E-state index contributed by atoms with van der Waals surface area (Å²) in [4.78, 5) is 4.41. The summed E-state index contributed by atoms with van der Waals surface area (Å²) in [6.45, 7) is 0. The highest BCUT2D eigenvalue weighted by atomic mass is 19.1. The molecule has 1 aromatic rings. The molecule has 0 bridgehead atoms. The second-order valence-corrected chi connectivity index (χ2v) is 2.14. The third-order valence-electron chi connectivity index (χ3n) is 1.34. The molecule has 0 aliphatic heterocycles.